The van der Waals surface area contributed by atoms with Crippen LogP contribution in [0.1, 0.15) is 26.8 Å². The van der Waals surface area contributed by atoms with Gasteiger partial charge in [-0.15, -0.1) is 11.3 Å². The zero-order valence-corrected chi connectivity index (χ0v) is 15.2. The summed E-state index contributed by atoms with van der Waals surface area (Å²) in [6, 6.07) is 5.39. The highest BCUT2D eigenvalue weighted by atomic mass is 32.1. The molecule has 1 saturated heterocycles. The van der Waals surface area contributed by atoms with E-state index in [-0.39, 0.29) is 25.0 Å². The maximum atomic E-state index is 12.9. The molecule has 0 radical (unpaired) electrons. The number of likely N-dealkylation sites (tertiary alicyclic amines) is 1. The van der Waals surface area contributed by atoms with Crippen LogP contribution in [0.5, 0.6) is 11.5 Å². The number of carboxylic acids is 1. The number of nitrogens with zero attached hydrogens (tertiary/aromatic N) is 2. The van der Waals surface area contributed by atoms with Crippen LogP contribution in [-0.2, 0) is 4.79 Å². The van der Waals surface area contributed by atoms with Crippen molar-refractivity contribution >= 4 is 23.2 Å². The van der Waals surface area contributed by atoms with Crippen molar-refractivity contribution in [2.24, 2.45) is 5.41 Å². The molecule has 7 nitrogen and oxygen atoms in total. The molecule has 8 heteroatoms. The van der Waals surface area contributed by atoms with Crippen molar-refractivity contribution in [1.29, 1.82) is 0 Å². The number of carbonyl (C=O) groups excluding carboxylic acids is 1. The van der Waals surface area contributed by atoms with Gasteiger partial charge in [0.05, 0.1) is 18.3 Å². The molecule has 1 aromatic heterocycles. The number of aliphatic carboxylic acids is 1. The lowest BCUT2D eigenvalue weighted by atomic mass is 9.73. The average molecular weight is 374 g/mol. The number of fused-ring (bicyclic) bond motifs is 3. The number of hydrogen-bond acceptors (Lipinski definition) is 6. The number of benzene rings is 1. The molecule has 2 aromatic rings. The van der Waals surface area contributed by atoms with Crippen LogP contribution in [-0.4, -0.2) is 53.7 Å². The third-order valence-corrected chi connectivity index (χ3v) is 6.19. The minimum absolute atomic E-state index is 0.0264. The summed E-state index contributed by atoms with van der Waals surface area (Å²) in [6.45, 7) is 2.27. The first-order chi connectivity index (χ1) is 12.5. The monoisotopic (exact) mass is 374 g/mol. The van der Waals surface area contributed by atoms with Crippen LogP contribution >= 0.6 is 11.3 Å². The van der Waals surface area contributed by atoms with E-state index in [9.17, 15) is 14.7 Å². The quantitative estimate of drug-likeness (QED) is 0.886. The summed E-state index contributed by atoms with van der Waals surface area (Å²) < 4.78 is 11.0. The fraction of sp³-hybridized carbons (Fsp3) is 0.389. The molecule has 0 aliphatic carbocycles. The lowest BCUT2D eigenvalue weighted by molar-refractivity contribution is -0.151. The van der Waals surface area contributed by atoms with Gasteiger partial charge in [0.25, 0.3) is 5.91 Å². The second-order valence-electron chi connectivity index (χ2n) is 6.66. The van der Waals surface area contributed by atoms with Crippen LogP contribution in [0.4, 0.5) is 0 Å². The summed E-state index contributed by atoms with van der Waals surface area (Å²) in [4.78, 5) is 31.3. The van der Waals surface area contributed by atoms with Gasteiger partial charge in [0, 0.05) is 30.6 Å². The van der Waals surface area contributed by atoms with Crippen molar-refractivity contribution in [2.75, 3.05) is 26.8 Å². The van der Waals surface area contributed by atoms with E-state index in [1.807, 2.05) is 6.07 Å². The Morgan fingerprint density at radius 1 is 1.46 bits per heavy atom. The van der Waals surface area contributed by atoms with Gasteiger partial charge in [0.2, 0.25) is 0 Å². The molecule has 136 valence electrons. The van der Waals surface area contributed by atoms with Crippen LogP contribution in [0.2, 0.25) is 0 Å². The van der Waals surface area contributed by atoms with E-state index < -0.39 is 11.4 Å². The topological polar surface area (TPSA) is 89.0 Å². The minimum Gasteiger partial charge on any atom is -0.497 e. The van der Waals surface area contributed by atoms with Crippen LogP contribution in [0.25, 0.3) is 0 Å². The Morgan fingerprint density at radius 2 is 2.27 bits per heavy atom. The predicted molar refractivity (Wildman–Crippen MR) is 94.1 cm³/mol. The first-order valence-electron chi connectivity index (χ1n) is 8.20. The van der Waals surface area contributed by atoms with E-state index in [4.69, 9.17) is 9.47 Å². The van der Waals surface area contributed by atoms with Crippen LogP contribution in [0, 0.1) is 12.3 Å². The fourth-order valence-corrected chi connectivity index (χ4v) is 4.57. The molecular weight excluding hydrogens is 356 g/mol. The van der Waals surface area contributed by atoms with Gasteiger partial charge < -0.3 is 19.5 Å². The number of aryl methyl sites for hydroxylation is 1. The Labute approximate surface area is 154 Å². The van der Waals surface area contributed by atoms with E-state index in [0.717, 1.165) is 5.56 Å². The first-order valence-corrected chi connectivity index (χ1v) is 9.08. The largest absolute Gasteiger partial charge is 0.497 e. The fourth-order valence-electron chi connectivity index (χ4n) is 3.80. The van der Waals surface area contributed by atoms with Crippen molar-refractivity contribution < 1.29 is 24.2 Å². The van der Waals surface area contributed by atoms with E-state index in [1.165, 1.54) is 11.3 Å². The van der Waals surface area contributed by atoms with Gasteiger partial charge in [-0.25, -0.2) is 4.98 Å². The summed E-state index contributed by atoms with van der Waals surface area (Å²) in [5.74, 6) is -0.172. The number of carbonyl (C=O) groups is 2. The van der Waals surface area contributed by atoms with Gasteiger partial charge in [-0.3, -0.25) is 9.59 Å². The molecule has 2 atom stereocenters. The average Bonchev–Trinajstić information content (AvgIpc) is 3.25. The smallest absolute Gasteiger partial charge is 0.315 e. The molecule has 0 saturated carbocycles. The highest BCUT2D eigenvalue weighted by Gasteiger charge is 2.57. The molecular formula is C18H18N2O5S. The molecule has 1 fully saturated rings. The lowest BCUT2D eigenvalue weighted by Crippen LogP contribution is -2.46. The SMILES string of the molecule is COc1ccc2c(c1)OC[C@]1(C(=O)O)CN(C(=O)c3scnc3C)C[C@H]21. The van der Waals surface area contributed by atoms with E-state index in [0.29, 0.717) is 28.6 Å². The molecule has 1 amide bonds. The highest BCUT2D eigenvalue weighted by Crippen LogP contribution is 2.50. The number of hydrogen-bond donors (Lipinski definition) is 1. The van der Waals surface area contributed by atoms with Gasteiger partial charge in [0.15, 0.2) is 0 Å². The number of thiazole rings is 1. The maximum absolute atomic E-state index is 12.9. The molecule has 26 heavy (non-hydrogen) atoms. The molecule has 0 bridgehead atoms. The van der Waals surface area contributed by atoms with Crippen molar-refractivity contribution in [3.05, 3.63) is 39.8 Å². The molecule has 1 N–H and O–H groups in total. The van der Waals surface area contributed by atoms with Crippen molar-refractivity contribution in [1.82, 2.24) is 9.88 Å². The summed E-state index contributed by atoms with van der Waals surface area (Å²) in [5.41, 5.74) is 1.95. The number of amides is 1. The minimum atomic E-state index is -1.14. The van der Waals surface area contributed by atoms with Gasteiger partial charge in [-0.05, 0) is 13.0 Å². The summed E-state index contributed by atoms with van der Waals surface area (Å²) in [7, 11) is 1.57. The Kier molecular flexibility index (Phi) is 3.87. The number of ether oxygens (including phenoxy) is 2. The summed E-state index contributed by atoms with van der Waals surface area (Å²) >= 11 is 1.28. The zero-order chi connectivity index (χ0) is 18.5. The molecule has 1 aromatic carbocycles. The van der Waals surface area contributed by atoms with Crippen LogP contribution < -0.4 is 9.47 Å². The number of carboxylic acid groups (broad SMARTS) is 1. The second kappa shape index (κ2) is 5.98. The number of methoxy groups -OCH3 is 1. The van der Waals surface area contributed by atoms with Crippen molar-refractivity contribution in [3.8, 4) is 11.5 Å². The summed E-state index contributed by atoms with van der Waals surface area (Å²) in [5, 5.41) is 9.96. The Balaban J connectivity index is 1.72. The molecule has 2 aliphatic rings. The summed E-state index contributed by atoms with van der Waals surface area (Å²) in [6.07, 6.45) is 0. The Hall–Kier alpha value is -2.61. The normalized spacial score (nSPS) is 23.8. The third-order valence-electron chi connectivity index (χ3n) is 5.28. The molecule has 2 aliphatic heterocycles. The van der Waals surface area contributed by atoms with E-state index >= 15 is 0 Å². The Morgan fingerprint density at radius 3 is 2.92 bits per heavy atom. The molecule has 0 spiro atoms. The van der Waals surface area contributed by atoms with Gasteiger partial charge in [0.1, 0.15) is 28.4 Å². The van der Waals surface area contributed by atoms with E-state index in [1.54, 1.807) is 36.6 Å². The van der Waals surface area contributed by atoms with Gasteiger partial charge >= 0.3 is 5.97 Å². The third kappa shape index (κ3) is 2.36. The van der Waals surface area contributed by atoms with Crippen molar-refractivity contribution in [3.63, 3.8) is 0 Å². The maximum Gasteiger partial charge on any atom is 0.315 e. The second-order valence-corrected chi connectivity index (χ2v) is 7.51. The van der Waals surface area contributed by atoms with Gasteiger partial charge in [-0.1, -0.05) is 6.07 Å². The van der Waals surface area contributed by atoms with E-state index in [2.05, 4.69) is 4.98 Å². The number of aromatic nitrogens is 1. The molecule has 0 unspecified atom stereocenters. The highest BCUT2D eigenvalue weighted by molar-refractivity contribution is 7.11. The predicted octanol–water partition coefficient (Wildman–Crippen LogP) is 2.16. The Bertz CT molecular complexity index is 895. The van der Waals surface area contributed by atoms with Crippen molar-refractivity contribution in [2.45, 2.75) is 12.8 Å². The van der Waals surface area contributed by atoms with Gasteiger partial charge in [-0.2, -0.15) is 0 Å². The van der Waals surface area contributed by atoms with Crippen LogP contribution in [0.15, 0.2) is 23.7 Å². The standard InChI is InChI=1S/C18H18N2O5S/c1-10-15(26-9-19-10)16(21)20-6-13-12-4-3-11(24-2)5-14(12)25-8-18(13,7-20)17(22)23/h3-5,9,13H,6-8H2,1-2H3,(H,22,23)/t13-,18-/m1/s1. The molecule has 4 rings (SSSR count). The van der Waals surface area contributed by atoms with Crippen LogP contribution in [0.3, 0.4) is 0 Å². The molecule has 3 heterocycles. The number of rotatable bonds is 3. The first kappa shape index (κ1) is 16.8. The lowest BCUT2D eigenvalue weighted by Gasteiger charge is -2.35. The zero-order valence-electron chi connectivity index (χ0n) is 14.4.